The van der Waals surface area contributed by atoms with Gasteiger partial charge in [-0.3, -0.25) is 19.2 Å². The number of rotatable bonds is 4. The Kier molecular flexibility index (Phi) is 4.83. The number of amides is 3. The molecule has 0 radical (unpaired) electrons. The second kappa shape index (κ2) is 7.79. The summed E-state index contributed by atoms with van der Waals surface area (Å²) in [7, 11) is 0. The van der Waals surface area contributed by atoms with Gasteiger partial charge < -0.3 is 9.64 Å². The Balaban J connectivity index is 1.17. The van der Waals surface area contributed by atoms with Crippen LogP contribution >= 0.6 is 0 Å². The first kappa shape index (κ1) is 21.1. The number of imide groups is 1. The van der Waals surface area contributed by atoms with E-state index in [1.807, 2.05) is 31.2 Å². The molecule has 4 fully saturated rings. The molecule has 5 atom stereocenters. The summed E-state index contributed by atoms with van der Waals surface area (Å²) in [5.41, 5.74) is 2.21. The van der Waals surface area contributed by atoms with Gasteiger partial charge in [-0.15, -0.1) is 0 Å². The molecule has 34 heavy (non-hydrogen) atoms. The molecule has 0 aromatic heterocycles. The summed E-state index contributed by atoms with van der Waals surface area (Å²) in [5, 5.41) is 0. The molecule has 2 heterocycles. The predicted octanol–water partition coefficient (Wildman–Crippen LogP) is 3.49. The van der Waals surface area contributed by atoms with E-state index in [9.17, 15) is 19.2 Å². The second-order valence-electron chi connectivity index (χ2n) is 10.0. The summed E-state index contributed by atoms with van der Waals surface area (Å²) in [5.74, 6) is -0.937. The maximum absolute atomic E-state index is 13.1. The maximum atomic E-state index is 13.1. The third-order valence-corrected chi connectivity index (χ3v) is 8.09. The van der Waals surface area contributed by atoms with Crippen LogP contribution in [0.4, 0.5) is 11.4 Å². The molecule has 0 N–H and O–H groups in total. The molecule has 2 aliphatic carbocycles. The van der Waals surface area contributed by atoms with Crippen LogP contribution in [0.25, 0.3) is 0 Å². The number of fused-ring (bicyclic) bond motifs is 5. The largest absolute Gasteiger partial charge is 0.426 e. The van der Waals surface area contributed by atoms with Gasteiger partial charge in [0.15, 0.2) is 0 Å². The zero-order valence-corrected chi connectivity index (χ0v) is 19.0. The summed E-state index contributed by atoms with van der Waals surface area (Å²) in [6, 6.07) is 14.2. The van der Waals surface area contributed by atoms with Crippen molar-refractivity contribution in [1.29, 1.82) is 0 Å². The standard InChI is InChI=1S/C27H26N2O5/c1-15-5-2-3-8-21(15)28-14-18(12-22(28)30)27(33)34-20-7-4-6-19(13-20)29-25(31)23-16-9-10-17(11-16)24(23)26(29)32/h2-8,13,16-18,23-24H,9-12,14H2,1H3/t16-,17-,18+,23+,24+/m0/s1. The van der Waals surface area contributed by atoms with Crippen LogP contribution in [0.5, 0.6) is 5.75 Å². The number of benzene rings is 2. The molecule has 4 aliphatic rings. The summed E-state index contributed by atoms with van der Waals surface area (Å²) in [4.78, 5) is 54.6. The fourth-order valence-corrected chi connectivity index (χ4v) is 6.51. The minimum atomic E-state index is -0.583. The van der Waals surface area contributed by atoms with Gasteiger partial charge in [0.25, 0.3) is 0 Å². The van der Waals surface area contributed by atoms with E-state index in [1.165, 1.54) is 4.90 Å². The lowest BCUT2D eigenvalue weighted by molar-refractivity contribution is -0.139. The van der Waals surface area contributed by atoms with E-state index in [-0.39, 0.29) is 48.3 Å². The second-order valence-corrected chi connectivity index (χ2v) is 10.0. The average Bonchev–Trinajstić information content (AvgIpc) is 3.58. The number of hydrogen-bond donors (Lipinski definition) is 0. The molecular weight excluding hydrogens is 432 g/mol. The van der Waals surface area contributed by atoms with Crippen molar-refractivity contribution in [2.75, 3.05) is 16.3 Å². The number of carbonyl (C=O) groups is 4. The van der Waals surface area contributed by atoms with Crippen molar-refractivity contribution in [2.24, 2.45) is 29.6 Å². The quantitative estimate of drug-likeness (QED) is 0.398. The Morgan fingerprint density at radius 2 is 1.65 bits per heavy atom. The first-order valence-electron chi connectivity index (χ1n) is 12.0. The molecule has 2 aliphatic heterocycles. The van der Waals surface area contributed by atoms with Gasteiger partial charge in [-0.2, -0.15) is 0 Å². The molecule has 0 unspecified atom stereocenters. The van der Waals surface area contributed by atoms with Crippen LogP contribution < -0.4 is 14.5 Å². The molecule has 2 bridgehead atoms. The molecule has 174 valence electrons. The number of anilines is 2. The zero-order valence-electron chi connectivity index (χ0n) is 19.0. The minimum Gasteiger partial charge on any atom is -0.426 e. The normalized spacial score (nSPS) is 29.8. The maximum Gasteiger partial charge on any atom is 0.316 e. The van der Waals surface area contributed by atoms with Gasteiger partial charge in [-0.05, 0) is 61.8 Å². The van der Waals surface area contributed by atoms with Crippen LogP contribution in [-0.4, -0.2) is 30.2 Å². The van der Waals surface area contributed by atoms with Crippen molar-refractivity contribution < 1.29 is 23.9 Å². The van der Waals surface area contributed by atoms with E-state index in [0.717, 1.165) is 30.5 Å². The number of aryl methyl sites for hydroxylation is 1. The monoisotopic (exact) mass is 458 g/mol. The molecule has 2 aromatic rings. The van der Waals surface area contributed by atoms with E-state index in [4.69, 9.17) is 4.74 Å². The fourth-order valence-electron chi connectivity index (χ4n) is 6.51. The van der Waals surface area contributed by atoms with E-state index < -0.39 is 11.9 Å². The van der Waals surface area contributed by atoms with Gasteiger partial charge >= 0.3 is 5.97 Å². The number of esters is 1. The lowest BCUT2D eigenvalue weighted by Gasteiger charge is -2.19. The SMILES string of the molecule is Cc1ccccc1N1C[C@H](C(=O)Oc2cccc(N3C(=O)[C@@H]4[C@H]5CC[C@@H](C5)[C@H]4C3=O)c2)CC1=O. The van der Waals surface area contributed by atoms with Crippen LogP contribution in [0.2, 0.25) is 0 Å². The highest BCUT2D eigenvalue weighted by Crippen LogP contribution is 2.56. The Bertz CT molecular complexity index is 1200. The smallest absolute Gasteiger partial charge is 0.316 e. The molecular formula is C27H26N2O5. The van der Waals surface area contributed by atoms with Gasteiger partial charge in [0.2, 0.25) is 17.7 Å². The zero-order chi connectivity index (χ0) is 23.6. The number of ether oxygens (including phenoxy) is 1. The highest BCUT2D eigenvalue weighted by atomic mass is 16.5. The molecule has 2 aromatic carbocycles. The van der Waals surface area contributed by atoms with Crippen LogP contribution in [0.3, 0.4) is 0 Å². The van der Waals surface area contributed by atoms with Crippen LogP contribution in [0.15, 0.2) is 48.5 Å². The fraction of sp³-hybridized carbons (Fsp3) is 0.407. The Hall–Kier alpha value is -3.48. The highest BCUT2D eigenvalue weighted by molar-refractivity contribution is 6.22. The van der Waals surface area contributed by atoms with E-state index >= 15 is 0 Å². The number of para-hydroxylation sites is 1. The van der Waals surface area contributed by atoms with Crippen molar-refractivity contribution >= 4 is 35.1 Å². The number of nitrogens with zero attached hydrogens (tertiary/aromatic N) is 2. The molecule has 6 rings (SSSR count). The summed E-state index contributed by atoms with van der Waals surface area (Å²) >= 11 is 0. The van der Waals surface area contributed by atoms with Crippen LogP contribution in [0, 0.1) is 36.5 Å². The molecule has 7 nitrogen and oxygen atoms in total. The Labute approximate surface area is 197 Å². The predicted molar refractivity (Wildman–Crippen MR) is 124 cm³/mol. The van der Waals surface area contributed by atoms with Crippen molar-refractivity contribution in [3.8, 4) is 5.75 Å². The molecule has 2 saturated heterocycles. The third kappa shape index (κ3) is 3.17. The molecule has 7 heteroatoms. The lowest BCUT2D eigenvalue weighted by atomic mass is 9.81. The minimum absolute atomic E-state index is 0.0854. The number of hydrogen-bond acceptors (Lipinski definition) is 5. The van der Waals surface area contributed by atoms with E-state index in [2.05, 4.69) is 0 Å². The first-order chi connectivity index (χ1) is 16.4. The Morgan fingerprint density at radius 3 is 2.35 bits per heavy atom. The van der Waals surface area contributed by atoms with Crippen molar-refractivity contribution in [3.05, 3.63) is 54.1 Å². The van der Waals surface area contributed by atoms with Gasteiger partial charge in [-0.1, -0.05) is 24.3 Å². The van der Waals surface area contributed by atoms with E-state index in [1.54, 1.807) is 29.2 Å². The van der Waals surface area contributed by atoms with Crippen molar-refractivity contribution in [1.82, 2.24) is 0 Å². The van der Waals surface area contributed by atoms with Gasteiger partial charge in [0.1, 0.15) is 5.75 Å². The lowest BCUT2D eigenvalue weighted by Crippen LogP contribution is -2.32. The third-order valence-electron chi connectivity index (χ3n) is 8.09. The van der Waals surface area contributed by atoms with Gasteiger partial charge in [0, 0.05) is 24.7 Å². The van der Waals surface area contributed by atoms with Crippen LogP contribution in [0.1, 0.15) is 31.2 Å². The average molecular weight is 459 g/mol. The van der Waals surface area contributed by atoms with Crippen LogP contribution in [-0.2, 0) is 19.2 Å². The number of carbonyl (C=O) groups excluding carboxylic acids is 4. The van der Waals surface area contributed by atoms with Gasteiger partial charge in [-0.25, -0.2) is 4.90 Å². The van der Waals surface area contributed by atoms with Gasteiger partial charge in [0.05, 0.1) is 23.4 Å². The molecule has 3 amide bonds. The summed E-state index contributed by atoms with van der Waals surface area (Å²) in [6.07, 6.45) is 3.12. The van der Waals surface area contributed by atoms with Crippen molar-refractivity contribution in [2.45, 2.75) is 32.6 Å². The van der Waals surface area contributed by atoms with E-state index in [0.29, 0.717) is 17.5 Å². The summed E-state index contributed by atoms with van der Waals surface area (Å²) in [6.45, 7) is 2.19. The Morgan fingerprint density at radius 1 is 0.941 bits per heavy atom. The topological polar surface area (TPSA) is 84.0 Å². The highest BCUT2D eigenvalue weighted by Gasteiger charge is 2.61. The first-order valence-corrected chi connectivity index (χ1v) is 12.0. The molecule has 0 spiro atoms. The van der Waals surface area contributed by atoms with Crippen molar-refractivity contribution in [3.63, 3.8) is 0 Å². The summed E-state index contributed by atoms with van der Waals surface area (Å²) < 4.78 is 5.61. The molecule has 2 saturated carbocycles.